The van der Waals surface area contributed by atoms with Gasteiger partial charge in [-0.05, 0) is 62.1 Å². The first kappa shape index (κ1) is 29.6. The third kappa shape index (κ3) is 4.23. The maximum atomic E-state index is 14.5. The highest BCUT2D eigenvalue weighted by Crippen LogP contribution is 2.64. The van der Waals surface area contributed by atoms with Crippen molar-refractivity contribution in [2.45, 2.75) is 25.7 Å². The number of para-hydroxylation sites is 2. The Morgan fingerprint density at radius 3 is 2.33 bits per heavy atom. The summed E-state index contributed by atoms with van der Waals surface area (Å²) in [6.45, 7) is 1.61. The van der Waals surface area contributed by atoms with E-state index in [4.69, 9.17) is 4.74 Å². The number of aliphatic hydroxyl groups excluding tert-OH is 1. The van der Waals surface area contributed by atoms with Crippen LogP contribution in [0.1, 0.15) is 41.6 Å². The van der Waals surface area contributed by atoms with Crippen LogP contribution in [0.2, 0.25) is 0 Å². The van der Waals surface area contributed by atoms with Crippen LogP contribution >= 0.6 is 0 Å². The molecule has 46 heavy (non-hydrogen) atoms. The Labute approximate surface area is 264 Å². The van der Waals surface area contributed by atoms with Crippen molar-refractivity contribution in [3.8, 4) is 5.75 Å². The van der Waals surface area contributed by atoms with Crippen molar-refractivity contribution >= 4 is 41.0 Å². The minimum atomic E-state index is -1.23. The van der Waals surface area contributed by atoms with Gasteiger partial charge in [-0.2, -0.15) is 0 Å². The molecule has 10 heteroatoms. The fraction of sp³-hybridized carbons (Fsp3) is 0.306. The summed E-state index contributed by atoms with van der Waals surface area (Å²) in [6.07, 6.45) is 2.39. The zero-order chi connectivity index (χ0) is 32.3. The van der Waals surface area contributed by atoms with E-state index in [2.05, 4.69) is 0 Å². The van der Waals surface area contributed by atoms with Crippen LogP contribution in [0.25, 0.3) is 0 Å². The number of benzene rings is 3. The number of aromatic carboxylic acids is 1. The zero-order valence-corrected chi connectivity index (χ0v) is 25.0. The van der Waals surface area contributed by atoms with E-state index in [0.29, 0.717) is 17.0 Å². The molecule has 2 heterocycles. The highest BCUT2D eigenvalue weighted by molar-refractivity contribution is 6.25. The van der Waals surface area contributed by atoms with Gasteiger partial charge in [0.25, 0.3) is 0 Å². The van der Waals surface area contributed by atoms with Crippen molar-refractivity contribution in [1.29, 1.82) is 0 Å². The lowest BCUT2D eigenvalue weighted by Crippen LogP contribution is -2.49. The number of carboxylic acids is 1. The van der Waals surface area contributed by atoms with Gasteiger partial charge in [0.15, 0.2) is 0 Å². The van der Waals surface area contributed by atoms with Gasteiger partial charge in [-0.1, -0.05) is 54.1 Å². The molecular weight excluding hydrogens is 588 g/mol. The first-order valence-corrected chi connectivity index (χ1v) is 15.4. The van der Waals surface area contributed by atoms with Gasteiger partial charge < -0.3 is 14.9 Å². The van der Waals surface area contributed by atoms with Crippen molar-refractivity contribution in [2.75, 3.05) is 23.0 Å². The van der Waals surface area contributed by atoms with Crippen molar-refractivity contribution in [1.82, 2.24) is 0 Å². The van der Waals surface area contributed by atoms with Crippen molar-refractivity contribution in [3.05, 3.63) is 102 Å². The predicted octanol–water partition coefficient (Wildman–Crippen LogP) is 4.19. The van der Waals surface area contributed by atoms with E-state index in [1.54, 1.807) is 48.5 Å². The molecule has 2 saturated heterocycles. The van der Waals surface area contributed by atoms with E-state index in [-0.39, 0.29) is 49.1 Å². The van der Waals surface area contributed by atoms with E-state index in [0.717, 1.165) is 10.5 Å². The number of hydrogen-bond acceptors (Lipinski definition) is 7. The number of carbonyl (C=O) groups is 5. The number of carbonyl (C=O) groups excluding carboxylic acids is 4. The molecule has 0 radical (unpaired) electrons. The van der Waals surface area contributed by atoms with Gasteiger partial charge in [-0.3, -0.25) is 24.1 Å². The zero-order valence-electron chi connectivity index (χ0n) is 25.0. The van der Waals surface area contributed by atoms with E-state index in [9.17, 15) is 34.2 Å². The number of aliphatic hydroxyl groups is 1. The largest absolute Gasteiger partial charge is 0.491 e. The lowest BCUT2D eigenvalue weighted by molar-refractivity contribution is -0.131. The first-order valence-electron chi connectivity index (χ1n) is 15.4. The SMILES string of the molecule is C[C@@]12C(=O)N(c3ccccc3)C(=O)[C@@H]1C[C@@H]1C(=CC[C@@H]3C(=O)N(c4cccc(C(=O)O)c4)C(=O)[C@@H]31)[C@@H]2c1ccccc1OCCO. The van der Waals surface area contributed by atoms with Crippen LogP contribution in [0.15, 0.2) is 90.5 Å². The van der Waals surface area contributed by atoms with Gasteiger partial charge in [0, 0.05) is 11.5 Å². The highest BCUT2D eigenvalue weighted by atomic mass is 16.5. The van der Waals surface area contributed by atoms with Crippen LogP contribution in [-0.4, -0.2) is 53.0 Å². The normalized spacial score (nSPS) is 28.5. The fourth-order valence-electron chi connectivity index (χ4n) is 8.22. The Bertz CT molecular complexity index is 1820. The molecule has 0 bridgehead atoms. The van der Waals surface area contributed by atoms with E-state index in [1.807, 2.05) is 25.1 Å². The van der Waals surface area contributed by atoms with Crippen LogP contribution in [0.3, 0.4) is 0 Å². The van der Waals surface area contributed by atoms with Crippen LogP contribution in [0.5, 0.6) is 5.75 Å². The average molecular weight is 621 g/mol. The molecule has 0 unspecified atom stereocenters. The third-order valence-corrected chi connectivity index (χ3v) is 10.2. The second-order valence-electron chi connectivity index (χ2n) is 12.5. The summed E-state index contributed by atoms with van der Waals surface area (Å²) in [5, 5.41) is 19.1. The Morgan fingerprint density at radius 1 is 0.870 bits per heavy atom. The Balaban J connectivity index is 1.36. The Morgan fingerprint density at radius 2 is 1.59 bits per heavy atom. The summed E-state index contributed by atoms with van der Waals surface area (Å²) in [4.78, 5) is 70.9. The molecule has 2 aliphatic heterocycles. The Kier molecular flexibility index (Phi) is 7.12. The number of hydrogen-bond donors (Lipinski definition) is 2. The minimum absolute atomic E-state index is 0.0252. The monoisotopic (exact) mass is 620 g/mol. The maximum absolute atomic E-state index is 14.5. The molecule has 1 saturated carbocycles. The van der Waals surface area contributed by atoms with Crippen LogP contribution in [0, 0.1) is 29.1 Å². The van der Waals surface area contributed by atoms with Gasteiger partial charge >= 0.3 is 5.97 Å². The number of rotatable bonds is 7. The number of carboxylic acid groups (broad SMARTS) is 1. The molecule has 3 aromatic carbocycles. The highest BCUT2D eigenvalue weighted by Gasteiger charge is 2.68. The summed E-state index contributed by atoms with van der Waals surface area (Å²) >= 11 is 0. The van der Waals surface area contributed by atoms with Crippen molar-refractivity contribution in [3.63, 3.8) is 0 Å². The number of anilines is 2. The molecule has 10 nitrogen and oxygen atoms in total. The second-order valence-corrected chi connectivity index (χ2v) is 12.5. The molecule has 3 fully saturated rings. The lowest BCUT2D eigenvalue weighted by atomic mass is 9.51. The topological polar surface area (TPSA) is 142 Å². The van der Waals surface area contributed by atoms with E-state index < -0.39 is 52.8 Å². The number of ether oxygens (including phenoxy) is 1. The van der Waals surface area contributed by atoms with Gasteiger partial charge in [-0.25, -0.2) is 9.69 Å². The molecular formula is C36H32N2O8. The van der Waals surface area contributed by atoms with Crippen molar-refractivity contribution in [2.24, 2.45) is 29.1 Å². The van der Waals surface area contributed by atoms with Crippen LogP contribution < -0.4 is 14.5 Å². The molecule has 0 spiro atoms. The molecule has 0 aromatic heterocycles. The molecule has 234 valence electrons. The van der Waals surface area contributed by atoms with Gasteiger partial charge in [0.2, 0.25) is 23.6 Å². The standard InChI is InChI=1S/C36H32N2O8/c1-36-27(32(41)38(35(36)45)21-9-3-2-4-10-21)19-26-23(30(36)24-12-5-6-13-28(24)46-17-16-39)14-15-25-29(26)33(42)37(31(25)40)22-11-7-8-20(18-22)34(43)44/h2-14,18,25-27,29-30,39H,15-17,19H2,1H3,(H,43,44)/t25-,26+,27-,29-,30+,36+/m0/s1. The van der Waals surface area contributed by atoms with Crippen LogP contribution in [0.4, 0.5) is 11.4 Å². The molecule has 4 amide bonds. The molecule has 2 N–H and O–H groups in total. The van der Waals surface area contributed by atoms with E-state index in [1.165, 1.54) is 23.1 Å². The van der Waals surface area contributed by atoms with Gasteiger partial charge in [0.1, 0.15) is 12.4 Å². The smallest absolute Gasteiger partial charge is 0.335 e. The minimum Gasteiger partial charge on any atom is -0.491 e. The maximum Gasteiger partial charge on any atom is 0.335 e. The van der Waals surface area contributed by atoms with Gasteiger partial charge in [0.05, 0.1) is 46.7 Å². The average Bonchev–Trinajstić information content (AvgIpc) is 3.43. The number of fused-ring (bicyclic) bond motifs is 4. The summed E-state index contributed by atoms with van der Waals surface area (Å²) in [5.74, 6) is -5.78. The molecule has 6 atom stereocenters. The van der Waals surface area contributed by atoms with Gasteiger partial charge in [-0.15, -0.1) is 0 Å². The number of imide groups is 2. The predicted molar refractivity (Wildman–Crippen MR) is 166 cm³/mol. The van der Waals surface area contributed by atoms with E-state index >= 15 is 0 Å². The Hall–Kier alpha value is -5.09. The first-order chi connectivity index (χ1) is 22.2. The number of allylic oxidation sites excluding steroid dienone is 2. The summed E-state index contributed by atoms with van der Waals surface area (Å²) in [6, 6.07) is 21.7. The molecule has 2 aliphatic carbocycles. The molecule has 4 aliphatic rings. The molecule has 3 aromatic rings. The lowest BCUT2D eigenvalue weighted by Gasteiger charge is -2.49. The summed E-state index contributed by atoms with van der Waals surface area (Å²) < 4.78 is 5.95. The second kappa shape index (κ2) is 11.1. The number of nitrogens with zero attached hydrogens (tertiary/aromatic N) is 2. The molecule has 7 rings (SSSR count). The summed E-state index contributed by atoms with van der Waals surface area (Å²) in [5.41, 5.74) is 0.837. The summed E-state index contributed by atoms with van der Waals surface area (Å²) in [7, 11) is 0. The number of amides is 4. The quantitative estimate of drug-likeness (QED) is 0.296. The van der Waals surface area contributed by atoms with Crippen LogP contribution in [-0.2, 0) is 19.2 Å². The van der Waals surface area contributed by atoms with Crippen molar-refractivity contribution < 1.29 is 38.9 Å². The fourth-order valence-corrected chi connectivity index (χ4v) is 8.22. The third-order valence-electron chi connectivity index (χ3n) is 10.2.